The Kier molecular flexibility index (Phi) is 8.65. The lowest BCUT2D eigenvalue weighted by atomic mass is 10.1. The Hall–Kier alpha value is -2.52. The molecule has 1 aromatic carbocycles. The molecule has 0 fully saturated rings. The van der Waals surface area contributed by atoms with Gasteiger partial charge in [-0.15, -0.1) is 0 Å². The molecule has 0 saturated carbocycles. The Morgan fingerprint density at radius 2 is 1.88 bits per heavy atom. The van der Waals surface area contributed by atoms with Crippen LogP contribution in [0.15, 0.2) is 35.6 Å². The van der Waals surface area contributed by atoms with Crippen molar-refractivity contribution in [3.05, 3.63) is 35.5 Å². The summed E-state index contributed by atoms with van der Waals surface area (Å²) >= 11 is 7.53. The van der Waals surface area contributed by atoms with Crippen LogP contribution in [0.3, 0.4) is 0 Å². The van der Waals surface area contributed by atoms with Gasteiger partial charge in [-0.3, -0.25) is 4.79 Å². The summed E-state index contributed by atoms with van der Waals surface area (Å²) < 4.78 is 7.67. The number of ether oxygens (including phenoxy) is 1. The molecule has 3 aromatic rings. The number of hydrogen-bond donors (Lipinski definition) is 2. The lowest BCUT2D eigenvalue weighted by Gasteiger charge is -2.25. The van der Waals surface area contributed by atoms with Crippen LogP contribution in [-0.4, -0.2) is 49.6 Å². The van der Waals surface area contributed by atoms with Crippen molar-refractivity contribution < 1.29 is 9.53 Å². The van der Waals surface area contributed by atoms with Gasteiger partial charge in [-0.2, -0.15) is 5.10 Å². The molecule has 0 unspecified atom stereocenters. The first-order chi connectivity index (χ1) is 16.0. The summed E-state index contributed by atoms with van der Waals surface area (Å²) in [4.78, 5) is 22.2. The van der Waals surface area contributed by atoms with Crippen LogP contribution >= 0.6 is 23.4 Å². The SMILES string of the molecule is CC(C)CNc1nc(SC(C)C)nc2c1cnn2CCNC(=O)C(C)(C)Oc1ccc(Cl)cc1. The minimum atomic E-state index is -1.04. The molecule has 0 aliphatic carbocycles. The minimum Gasteiger partial charge on any atom is -0.478 e. The zero-order valence-corrected chi connectivity index (χ0v) is 22.1. The molecule has 0 atom stereocenters. The summed E-state index contributed by atoms with van der Waals surface area (Å²) in [6.45, 7) is 13.7. The number of halogens is 1. The monoisotopic (exact) mass is 504 g/mol. The number of hydrogen-bond acceptors (Lipinski definition) is 7. The van der Waals surface area contributed by atoms with Crippen LogP contribution in [0.2, 0.25) is 5.02 Å². The van der Waals surface area contributed by atoms with Crippen molar-refractivity contribution in [2.45, 2.75) is 64.1 Å². The highest BCUT2D eigenvalue weighted by atomic mass is 35.5. The molecule has 0 aliphatic heterocycles. The molecule has 2 aromatic heterocycles. The molecular formula is C24H33ClN6O2S. The van der Waals surface area contributed by atoms with E-state index >= 15 is 0 Å². The van der Waals surface area contributed by atoms with Crippen LogP contribution in [0, 0.1) is 5.92 Å². The van der Waals surface area contributed by atoms with Gasteiger partial charge >= 0.3 is 0 Å². The molecule has 0 aliphatic rings. The highest BCUT2D eigenvalue weighted by Crippen LogP contribution is 2.27. The van der Waals surface area contributed by atoms with E-state index in [-0.39, 0.29) is 5.91 Å². The number of amides is 1. The van der Waals surface area contributed by atoms with E-state index in [2.05, 4.69) is 43.4 Å². The van der Waals surface area contributed by atoms with Gasteiger partial charge in [-0.1, -0.05) is 51.1 Å². The van der Waals surface area contributed by atoms with Crippen molar-refractivity contribution in [1.29, 1.82) is 0 Å². The predicted molar refractivity (Wildman–Crippen MR) is 139 cm³/mol. The van der Waals surface area contributed by atoms with Crippen LogP contribution in [0.1, 0.15) is 41.5 Å². The smallest absolute Gasteiger partial charge is 0.263 e. The fraction of sp³-hybridized carbons (Fsp3) is 0.500. The average molecular weight is 505 g/mol. The predicted octanol–water partition coefficient (Wildman–Crippen LogP) is 5.02. The number of nitrogens with zero attached hydrogens (tertiary/aromatic N) is 4. The van der Waals surface area contributed by atoms with Crippen LogP contribution in [0.25, 0.3) is 11.0 Å². The lowest BCUT2D eigenvalue weighted by molar-refractivity contribution is -0.134. The maximum absolute atomic E-state index is 12.8. The number of aromatic nitrogens is 4. The summed E-state index contributed by atoms with van der Waals surface area (Å²) in [6.07, 6.45) is 1.78. The van der Waals surface area contributed by atoms with Crippen LogP contribution < -0.4 is 15.4 Å². The Balaban J connectivity index is 1.69. The van der Waals surface area contributed by atoms with Gasteiger partial charge in [-0.05, 0) is 44.0 Å². The molecule has 1 amide bonds. The molecule has 0 saturated heterocycles. The molecular weight excluding hydrogens is 472 g/mol. The largest absolute Gasteiger partial charge is 0.478 e. The quantitative estimate of drug-likeness (QED) is 0.279. The number of fused-ring (bicyclic) bond motifs is 1. The van der Waals surface area contributed by atoms with Gasteiger partial charge in [0.05, 0.1) is 18.1 Å². The third kappa shape index (κ3) is 6.99. The van der Waals surface area contributed by atoms with E-state index in [1.54, 1.807) is 60.8 Å². The van der Waals surface area contributed by atoms with E-state index in [1.165, 1.54) is 0 Å². The summed E-state index contributed by atoms with van der Waals surface area (Å²) in [5.41, 5.74) is -0.299. The van der Waals surface area contributed by atoms with Gasteiger partial charge in [-0.25, -0.2) is 14.6 Å². The minimum absolute atomic E-state index is 0.219. The number of benzene rings is 1. The fourth-order valence-corrected chi connectivity index (χ4v) is 3.96. The zero-order chi connectivity index (χ0) is 24.9. The maximum atomic E-state index is 12.8. The average Bonchev–Trinajstić information content (AvgIpc) is 3.16. The Morgan fingerprint density at radius 1 is 1.18 bits per heavy atom. The van der Waals surface area contributed by atoms with E-state index in [0.29, 0.717) is 40.2 Å². The first kappa shape index (κ1) is 26.1. The topological polar surface area (TPSA) is 94.0 Å². The first-order valence-electron chi connectivity index (χ1n) is 11.4. The molecule has 10 heteroatoms. The fourth-order valence-electron chi connectivity index (χ4n) is 3.13. The van der Waals surface area contributed by atoms with Crippen LogP contribution in [0.4, 0.5) is 5.82 Å². The molecule has 184 valence electrons. The summed E-state index contributed by atoms with van der Waals surface area (Å²) in [6, 6.07) is 6.94. The molecule has 2 N–H and O–H groups in total. The van der Waals surface area contributed by atoms with Gasteiger partial charge in [0.25, 0.3) is 5.91 Å². The molecule has 0 bridgehead atoms. The number of thioether (sulfide) groups is 1. The third-order valence-electron chi connectivity index (χ3n) is 4.84. The van der Waals surface area contributed by atoms with E-state index in [4.69, 9.17) is 26.3 Å². The van der Waals surface area contributed by atoms with Crippen molar-refractivity contribution in [3.63, 3.8) is 0 Å². The van der Waals surface area contributed by atoms with Crippen molar-refractivity contribution in [3.8, 4) is 5.75 Å². The zero-order valence-electron chi connectivity index (χ0n) is 20.6. The number of carbonyl (C=O) groups is 1. The standard InChI is InChI=1S/C24H33ClN6O2S/c1-15(2)13-27-20-19-14-28-31(21(19)30-23(29-20)34-16(3)4)12-11-26-22(32)24(5,6)33-18-9-7-17(25)8-10-18/h7-10,14-16H,11-13H2,1-6H3,(H,26,32)(H,27,29,30). The Labute approximate surface area is 210 Å². The van der Waals surface area contributed by atoms with Crippen LogP contribution in [0.5, 0.6) is 5.75 Å². The Bertz CT molecular complexity index is 1110. The van der Waals surface area contributed by atoms with Gasteiger partial charge in [0.15, 0.2) is 16.4 Å². The van der Waals surface area contributed by atoms with E-state index in [0.717, 1.165) is 23.4 Å². The number of anilines is 1. The second-order valence-corrected chi connectivity index (χ2v) is 11.2. The molecule has 0 radical (unpaired) electrons. The number of nitrogens with one attached hydrogen (secondary N) is 2. The lowest BCUT2D eigenvalue weighted by Crippen LogP contribution is -2.47. The van der Waals surface area contributed by atoms with Gasteiger partial charge < -0.3 is 15.4 Å². The molecule has 34 heavy (non-hydrogen) atoms. The van der Waals surface area contributed by atoms with Gasteiger partial charge in [0, 0.05) is 23.4 Å². The molecule has 3 rings (SSSR count). The maximum Gasteiger partial charge on any atom is 0.263 e. The van der Waals surface area contributed by atoms with Gasteiger partial charge in [0.2, 0.25) is 0 Å². The highest BCUT2D eigenvalue weighted by Gasteiger charge is 2.29. The van der Waals surface area contributed by atoms with E-state index in [1.807, 2.05) is 0 Å². The highest BCUT2D eigenvalue weighted by molar-refractivity contribution is 7.99. The summed E-state index contributed by atoms with van der Waals surface area (Å²) in [7, 11) is 0. The number of rotatable bonds is 11. The number of carbonyl (C=O) groups excluding carboxylic acids is 1. The second kappa shape index (κ2) is 11.3. The summed E-state index contributed by atoms with van der Waals surface area (Å²) in [5.74, 6) is 1.63. The van der Waals surface area contributed by atoms with Gasteiger partial charge in [0.1, 0.15) is 11.6 Å². The Morgan fingerprint density at radius 3 is 2.53 bits per heavy atom. The first-order valence-corrected chi connectivity index (χ1v) is 12.7. The molecule has 2 heterocycles. The van der Waals surface area contributed by atoms with Crippen LogP contribution in [-0.2, 0) is 11.3 Å². The van der Waals surface area contributed by atoms with Crippen molar-refractivity contribution in [1.82, 2.24) is 25.1 Å². The normalized spacial score (nSPS) is 11.9. The van der Waals surface area contributed by atoms with E-state index < -0.39 is 5.60 Å². The molecule has 8 nitrogen and oxygen atoms in total. The van der Waals surface area contributed by atoms with Crippen molar-refractivity contribution >= 4 is 46.1 Å². The third-order valence-corrected chi connectivity index (χ3v) is 5.95. The second-order valence-electron chi connectivity index (χ2n) is 9.22. The van der Waals surface area contributed by atoms with E-state index in [9.17, 15) is 4.79 Å². The van der Waals surface area contributed by atoms with Crippen molar-refractivity contribution in [2.75, 3.05) is 18.4 Å². The molecule has 0 spiro atoms. The van der Waals surface area contributed by atoms with Crippen molar-refractivity contribution in [2.24, 2.45) is 5.92 Å². The summed E-state index contributed by atoms with van der Waals surface area (Å²) in [5, 5.41) is 13.4.